The number of nitrogens with zero attached hydrogens (tertiary/aromatic N) is 1. The molecule has 2 N–H and O–H groups in total. The van der Waals surface area contributed by atoms with Gasteiger partial charge in [-0.3, -0.25) is 4.99 Å². The van der Waals surface area contributed by atoms with E-state index in [1.807, 2.05) is 13.0 Å². The lowest BCUT2D eigenvalue weighted by atomic mass is 10.1. The quantitative estimate of drug-likeness (QED) is 0.474. The molecule has 1 rings (SSSR count). The fourth-order valence-corrected chi connectivity index (χ4v) is 1.57. The summed E-state index contributed by atoms with van der Waals surface area (Å²) in [4.78, 5) is 4.12. The molecule has 98 valence electrons. The second kappa shape index (κ2) is 7.37. The highest BCUT2D eigenvalue weighted by molar-refractivity contribution is 5.79. The lowest BCUT2D eigenvalue weighted by Gasteiger charge is -2.13. The summed E-state index contributed by atoms with van der Waals surface area (Å²) in [5.41, 5.74) is 2.29. The predicted octanol–water partition coefficient (Wildman–Crippen LogP) is 1.85. The van der Waals surface area contributed by atoms with E-state index >= 15 is 0 Å². The Labute approximate surface area is 109 Å². The topological polar surface area (TPSA) is 45.7 Å². The van der Waals surface area contributed by atoms with Crippen molar-refractivity contribution in [1.29, 1.82) is 0 Å². The number of aliphatic imine (C=N–C) groups is 1. The zero-order valence-electron chi connectivity index (χ0n) is 11.3. The van der Waals surface area contributed by atoms with Crippen molar-refractivity contribution in [1.82, 2.24) is 10.6 Å². The van der Waals surface area contributed by atoms with Crippen LogP contribution in [0.25, 0.3) is 0 Å². The van der Waals surface area contributed by atoms with E-state index in [4.69, 9.17) is 4.74 Å². The molecule has 0 spiro atoms. The van der Waals surface area contributed by atoms with Gasteiger partial charge in [-0.2, -0.15) is 0 Å². The molecule has 0 fully saturated rings. The molecule has 0 atom stereocenters. The summed E-state index contributed by atoms with van der Waals surface area (Å²) in [6, 6.07) is 6.15. The minimum Gasteiger partial charge on any atom is -0.496 e. The normalized spacial score (nSPS) is 10.9. The number of hydrogen-bond donors (Lipinski definition) is 2. The summed E-state index contributed by atoms with van der Waals surface area (Å²) in [5.74, 6) is 1.64. The van der Waals surface area contributed by atoms with Crippen molar-refractivity contribution >= 4 is 5.96 Å². The summed E-state index contributed by atoms with van der Waals surface area (Å²) < 4.78 is 5.36. The summed E-state index contributed by atoms with van der Waals surface area (Å²) in [7, 11) is 3.42. The Bertz CT molecular complexity index is 427. The molecule has 0 aliphatic carbocycles. The third-order valence-electron chi connectivity index (χ3n) is 2.53. The highest BCUT2D eigenvalue weighted by atomic mass is 16.5. The van der Waals surface area contributed by atoms with Gasteiger partial charge in [0.15, 0.2) is 5.96 Å². The van der Waals surface area contributed by atoms with Crippen LogP contribution in [0, 0.1) is 6.92 Å². The molecular weight excluding hydrogens is 226 g/mol. The molecule has 0 saturated carbocycles. The molecule has 0 unspecified atom stereocenters. The van der Waals surface area contributed by atoms with Crippen LogP contribution in [-0.4, -0.2) is 26.7 Å². The molecule has 4 heteroatoms. The Morgan fingerprint density at radius 1 is 1.44 bits per heavy atom. The molecule has 1 aromatic carbocycles. The van der Waals surface area contributed by atoms with Crippen LogP contribution >= 0.6 is 0 Å². The van der Waals surface area contributed by atoms with Crippen LogP contribution in [-0.2, 0) is 6.54 Å². The van der Waals surface area contributed by atoms with Gasteiger partial charge in [0, 0.05) is 25.7 Å². The first-order valence-corrected chi connectivity index (χ1v) is 5.90. The fourth-order valence-electron chi connectivity index (χ4n) is 1.57. The third kappa shape index (κ3) is 4.13. The molecule has 0 aromatic heterocycles. The average Bonchev–Trinajstić information content (AvgIpc) is 2.40. The molecule has 0 heterocycles. The van der Waals surface area contributed by atoms with Crippen molar-refractivity contribution in [2.24, 2.45) is 4.99 Å². The maximum absolute atomic E-state index is 5.36. The maximum atomic E-state index is 5.36. The molecule has 0 saturated heterocycles. The molecule has 0 radical (unpaired) electrons. The van der Waals surface area contributed by atoms with Crippen molar-refractivity contribution in [2.45, 2.75) is 13.5 Å². The van der Waals surface area contributed by atoms with E-state index in [-0.39, 0.29) is 0 Å². The van der Waals surface area contributed by atoms with Gasteiger partial charge < -0.3 is 15.4 Å². The lowest BCUT2D eigenvalue weighted by molar-refractivity contribution is 0.408. The minimum absolute atomic E-state index is 0.667. The van der Waals surface area contributed by atoms with E-state index in [0.29, 0.717) is 13.1 Å². The van der Waals surface area contributed by atoms with Gasteiger partial charge >= 0.3 is 0 Å². The van der Waals surface area contributed by atoms with Crippen LogP contribution in [0.15, 0.2) is 35.8 Å². The summed E-state index contributed by atoms with van der Waals surface area (Å²) in [5, 5.41) is 6.34. The number of hydrogen-bond acceptors (Lipinski definition) is 2. The van der Waals surface area contributed by atoms with Gasteiger partial charge in [-0.1, -0.05) is 18.2 Å². The van der Waals surface area contributed by atoms with Gasteiger partial charge in [0.25, 0.3) is 0 Å². The number of ether oxygens (including phenoxy) is 1. The van der Waals surface area contributed by atoms with Crippen molar-refractivity contribution < 1.29 is 4.74 Å². The number of guanidine groups is 1. The van der Waals surface area contributed by atoms with Gasteiger partial charge in [-0.05, 0) is 18.6 Å². The SMILES string of the molecule is C=CCNC(=NC)NCc1ccc(C)cc1OC. The van der Waals surface area contributed by atoms with E-state index in [9.17, 15) is 0 Å². The molecule has 4 nitrogen and oxygen atoms in total. The summed E-state index contributed by atoms with van der Waals surface area (Å²) >= 11 is 0. The van der Waals surface area contributed by atoms with Crippen LogP contribution in [0.2, 0.25) is 0 Å². The number of benzene rings is 1. The third-order valence-corrected chi connectivity index (χ3v) is 2.53. The van der Waals surface area contributed by atoms with E-state index in [1.54, 1.807) is 20.2 Å². The number of nitrogens with one attached hydrogen (secondary N) is 2. The smallest absolute Gasteiger partial charge is 0.191 e. The lowest BCUT2D eigenvalue weighted by Crippen LogP contribution is -2.36. The van der Waals surface area contributed by atoms with Gasteiger partial charge in [0.2, 0.25) is 0 Å². The Morgan fingerprint density at radius 2 is 2.22 bits per heavy atom. The molecule has 0 amide bonds. The second-order valence-electron chi connectivity index (χ2n) is 3.91. The molecule has 1 aromatic rings. The molecule has 18 heavy (non-hydrogen) atoms. The highest BCUT2D eigenvalue weighted by Crippen LogP contribution is 2.19. The van der Waals surface area contributed by atoms with Gasteiger partial charge in [-0.25, -0.2) is 0 Å². The standard InChI is InChI=1S/C14H21N3O/c1-5-8-16-14(15-3)17-10-12-7-6-11(2)9-13(12)18-4/h5-7,9H,1,8,10H2,2-4H3,(H2,15,16,17). The average molecular weight is 247 g/mol. The first-order chi connectivity index (χ1) is 8.71. The first kappa shape index (κ1) is 14.1. The van der Waals surface area contributed by atoms with E-state index in [2.05, 4.69) is 34.3 Å². The Morgan fingerprint density at radius 3 is 2.83 bits per heavy atom. The Kier molecular flexibility index (Phi) is 5.77. The van der Waals surface area contributed by atoms with Crippen LogP contribution in [0.1, 0.15) is 11.1 Å². The van der Waals surface area contributed by atoms with Crippen molar-refractivity contribution in [3.63, 3.8) is 0 Å². The molecule has 0 aliphatic heterocycles. The monoisotopic (exact) mass is 247 g/mol. The van der Waals surface area contributed by atoms with Crippen LogP contribution in [0.4, 0.5) is 0 Å². The second-order valence-corrected chi connectivity index (χ2v) is 3.91. The van der Waals surface area contributed by atoms with Crippen molar-refractivity contribution in [3.05, 3.63) is 42.0 Å². The molecule has 0 aliphatic rings. The predicted molar refractivity (Wildman–Crippen MR) is 76.1 cm³/mol. The van der Waals surface area contributed by atoms with Gasteiger partial charge in [0.1, 0.15) is 5.75 Å². The number of aryl methyl sites for hydroxylation is 1. The maximum Gasteiger partial charge on any atom is 0.191 e. The number of methoxy groups -OCH3 is 1. The van der Waals surface area contributed by atoms with E-state index in [1.165, 1.54) is 5.56 Å². The van der Waals surface area contributed by atoms with Gasteiger partial charge in [0.05, 0.1) is 7.11 Å². The highest BCUT2D eigenvalue weighted by Gasteiger charge is 2.04. The van der Waals surface area contributed by atoms with E-state index in [0.717, 1.165) is 17.3 Å². The van der Waals surface area contributed by atoms with Crippen LogP contribution in [0.3, 0.4) is 0 Å². The fraction of sp³-hybridized carbons (Fsp3) is 0.357. The van der Waals surface area contributed by atoms with Crippen LogP contribution < -0.4 is 15.4 Å². The minimum atomic E-state index is 0.667. The zero-order valence-corrected chi connectivity index (χ0v) is 11.3. The zero-order chi connectivity index (χ0) is 13.4. The Balaban J connectivity index is 2.64. The molecular formula is C14H21N3O. The summed E-state index contributed by atoms with van der Waals surface area (Å²) in [6.45, 7) is 7.06. The number of rotatable bonds is 5. The Hall–Kier alpha value is -1.97. The van der Waals surface area contributed by atoms with E-state index < -0.39 is 0 Å². The largest absolute Gasteiger partial charge is 0.496 e. The van der Waals surface area contributed by atoms with Crippen molar-refractivity contribution in [3.8, 4) is 5.75 Å². The summed E-state index contributed by atoms with van der Waals surface area (Å²) in [6.07, 6.45) is 1.79. The molecule has 0 bridgehead atoms. The van der Waals surface area contributed by atoms with Crippen molar-refractivity contribution in [2.75, 3.05) is 20.7 Å². The first-order valence-electron chi connectivity index (χ1n) is 5.90. The van der Waals surface area contributed by atoms with Gasteiger partial charge in [-0.15, -0.1) is 6.58 Å². The van der Waals surface area contributed by atoms with Crippen LogP contribution in [0.5, 0.6) is 5.75 Å².